The molecule has 0 saturated carbocycles. The van der Waals surface area contributed by atoms with Gasteiger partial charge in [-0.1, -0.05) is 24.3 Å². The van der Waals surface area contributed by atoms with E-state index in [-0.39, 0.29) is 23.3 Å². The molecule has 0 spiro atoms. The summed E-state index contributed by atoms with van der Waals surface area (Å²) < 4.78 is 17.1. The molecular formula is C24H22ClIN2O5S. The van der Waals surface area contributed by atoms with Crippen LogP contribution in [0.5, 0.6) is 11.5 Å². The van der Waals surface area contributed by atoms with Gasteiger partial charge in [0.05, 0.1) is 23.0 Å². The summed E-state index contributed by atoms with van der Waals surface area (Å²) in [5.41, 5.74) is 1.44. The van der Waals surface area contributed by atoms with E-state index in [1.807, 2.05) is 13.0 Å². The summed E-state index contributed by atoms with van der Waals surface area (Å²) in [6.07, 6.45) is 3.31. The number of ether oxygens (including phenoxy) is 3. The minimum atomic E-state index is -0.531. The molecule has 1 aliphatic rings. The molecule has 2 aromatic carbocycles. The number of amides is 1. The number of benzene rings is 2. The predicted molar refractivity (Wildman–Crippen MR) is 144 cm³/mol. The third-order valence-electron chi connectivity index (χ3n) is 4.72. The van der Waals surface area contributed by atoms with Crippen molar-refractivity contribution in [3.8, 4) is 11.5 Å². The lowest BCUT2D eigenvalue weighted by Gasteiger charge is -2.19. The highest BCUT2D eigenvalue weighted by Gasteiger charge is 2.40. The van der Waals surface area contributed by atoms with Crippen LogP contribution in [0.1, 0.15) is 12.5 Å². The Hall–Kier alpha value is -2.63. The van der Waals surface area contributed by atoms with Gasteiger partial charge in [0.25, 0.3) is 5.91 Å². The standard InChI is InChI=1S/C24H22ClIN2O5S/c1-4-10-33-22-18(26)11-15(13-20(22)32-5-2)12-19-23(30)28(17-8-6-16(25)7-9-17)24(34)27(19)14-21(29)31-3/h4,6-9,11-13H,1,5,10,14H2,2-3H3/b19-12-. The number of hydrogen-bond donors (Lipinski definition) is 0. The topological polar surface area (TPSA) is 68.3 Å². The van der Waals surface area contributed by atoms with Gasteiger partial charge in [0, 0.05) is 5.02 Å². The van der Waals surface area contributed by atoms with Gasteiger partial charge in [-0.25, -0.2) is 0 Å². The molecule has 0 radical (unpaired) electrons. The van der Waals surface area contributed by atoms with E-state index in [0.29, 0.717) is 41.0 Å². The first-order valence-electron chi connectivity index (χ1n) is 10.2. The molecule has 1 aliphatic heterocycles. The Labute approximate surface area is 222 Å². The van der Waals surface area contributed by atoms with E-state index in [1.54, 1.807) is 42.5 Å². The normalized spacial score (nSPS) is 14.5. The van der Waals surface area contributed by atoms with Crippen molar-refractivity contribution in [3.05, 3.63) is 68.9 Å². The highest BCUT2D eigenvalue weighted by Crippen LogP contribution is 2.36. The van der Waals surface area contributed by atoms with Gasteiger partial charge < -0.3 is 19.1 Å². The molecule has 0 bridgehead atoms. The number of carbonyl (C=O) groups excluding carboxylic acids is 2. The second kappa shape index (κ2) is 11.7. The second-order valence-electron chi connectivity index (χ2n) is 6.95. The zero-order chi connectivity index (χ0) is 24.8. The van der Waals surface area contributed by atoms with Gasteiger partial charge in [-0.05, 0) is 89.8 Å². The van der Waals surface area contributed by atoms with Gasteiger partial charge >= 0.3 is 5.97 Å². The molecule has 0 aliphatic carbocycles. The molecule has 1 heterocycles. The van der Waals surface area contributed by atoms with Gasteiger partial charge in [0.1, 0.15) is 18.8 Å². The van der Waals surface area contributed by atoms with E-state index in [9.17, 15) is 9.59 Å². The molecule has 1 fully saturated rings. The van der Waals surface area contributed by atoms with Crippen molar-refractivity contribution >= 4 is 75.2 Å². The maximum absolute atomic E-state index is 13.5. The van der Waals surface area contributed by atoms with Crippen LogP contribution in [0.2, 0.25) is 5.02 Å². The molecule has 3 rings (SSSR count). The van der Waals surface area contributed by atoms with Gasteiger partial charge in [-0.15, -0.1) is 0 Å². The Morgan fingerprint density at radius 3 is 2.56 bits per heavy atom. The molecule has 0 aromatic heterocycles. The molecule has 0 unspecified atom stereocenters. The van der Waals surface area contributed by atoms with Crippen LogP contribution < -0.4 is 14.4 Å². The fourth-order valence-electron chi connectivity index (χ4n) is 3.22. The first-order valence-corrected chi connectivity index (χ1v) is 12.1. The number of nitrogens with zero attached hydrogens (tertiary/aromatic N) is 2. The van der Waals surface area contributed by atoms with Crippen molar-refractivity contribution in [1.82, 2.24) is 4.90 Å². The number of thiocarbonyl (C=S) groups is 1. The van der Waals surface area contributed by atoms with E-state index >= 15 is 0 Å². The SMILES string of the molecule is C=CCOc1c(I)cc(/C=C2/C(=O)N(c3ccc(Cl)cc3)C(=S)N2CC(=O)OC)cc1OCC. The van der Waals surface area contributed by atoms with Crippen LogP contribution >= 0.6 is 46.4 Å². The van der Waals surface area contributed by atoms with Crippen molar-refractivity contribution in [2.45, 2.75) is 6.92 Å². The molecule has 34 heavy (non-hydrogen) atoms. The van der Waals surface area contributed by atoms with Gasteiger partial charge in [0.15, 0.2) is 16.6 Å². The first kappa shape index (κ1) is 26.0. The van der Waals surface area contributed by atoms with Crippen molar-refractivity contribution in [3.63, 3.8) is 0 Å². The fraction of sp³-hybridized carbons (Fsp3) is 0.208. The van der Waals surface area contributed by atoms with Crippen LogP contribution in [0, 0.1) is 3.57 Å². The number of halogens is 2. The average Bonchev–Trinajstić information content (AvgIpc) is 3.03. The summed E-state index contributed by atoms with van der Waals surface area (Å²) >= 11 is 13.7. The number of esters is 1. The van der Waals surface area contributed by atoms with E-state index in [0.717, 1.165) is 3.57 Å². The lowest BCUT2D eigenvalue weighted by atomic mass is 10.1. The van der Waals surface area contributed by atoms with Crippen LogP contribution in [0.25, 0.3) is 6.08 Å². The average molecular weight is 613 g/mol. The minimum Gasteiger partial charge on any atom is -0.490 e. The van der Waals surface area contributed by atoms with E-state index < -0.39 is 5.97 Å². The number of carbonyl (C=O) groups is 2. The van der Waals surface area contributed by atoms with Crippen LogP contribution in [0.15, 0.2) is 54.8 Å². The summed E-state index contributed by atoms with van der Waals surface area (Å²) in [5, 5.41) is 0.690. The lowest BCUT2D eigenvalue weighted by molar-refractivity contribution is -0.140. The van der Waals surface area contributed by atoms with E-state index in [2.05, 4.69) is 29.2 Å². The van der Waals surface area contributed by atoms with Crippen molar-refractivity contribution in [1.29, 1.82) is 0 Å². The number of methoxy groups -OCH3 is 1. The zero-order valence-electron chi connectivity index (χ0n) is 18.5. The summed E-state index contributed by atoms with van der Waals surface area (Å²) in [5.74, 6) is 0.213. The summed E-state index contributed by atoms with van der Waals surface area (Å²) in [4.78, 5) is 28.4. The highest BCUT2D eigenvalue weighted by molar-refractivity contribution is 14.1. The Balaban J connectivity index is 2.08. The third kappa shape index (κ3) is 5.70. The minimum absolute atomic E-state index is 0.162. The van der Waals surface area contributed by atoms with E-state index in [4.69, 9.17) is 38.0 Å². The predicted octanol–water partition coefficient (Wildman–Crippen LogP) is 5.06. The number of rotatable bonds is 9. The molecule has 0 atom stereocenters. The maximum atomic E-state index is 13.5. The van der Waals surface area contributed by atoms with Gasteiger partial charge in [-0.2, -0.15) is 0 Å². The molecule has 1 amide bonds. The molecule has 7 nitrogen and oxygen atoms in total. The van der Waals surface area contributed by atoms with Crippen molar-refractivity contribution in [2.75, 3.05) is 31.8 Å². The van der Waals surface area contributed by atoms with Gasteiger partial charge in [-0.3, -0.25) is 14.5 Å². The third-order valence-corrected chi connectivity index (χ3v) is 6.17. The summed E-state index contributed by atoms with van der Waals surface area (Å²) in [6.45, 7) is 6.09. The molecule has 10 heteroatoms. The maximum Gasteiger partial charge on any atom is 0.325 e. The Morgan fingerprint density at radius 2 is 1.94 bits per heavy atom. The lowest BCUT2D eigenvalue weighted by Crippen LogP contribution is -2.35. The Morgan fingerprint density at radius 1 is 1.24 bits per heavy atom. The molecule has 0 N–H and O–H groups in total. The van der Waals surface area contributed by atoms with E-state index in [1.165, 1.54) is 16.9 Å². The molecule has 1 saturated heterocycles. The van der Waals surface area contributed by atoms with Crippen molar-refractivity contribution in [2.24, 2.45) is 0 Å². The fourth-order valence-corrected chi connectivity index (χ4v) is 4.48. The van der Waals surface area contributed by atoms with Gasteiger partial charge in [0.2, 0.25) is 0 Å². The largest absolute Gasteiger partial charge is 0.490 e. The van der Waals surface area contributed by atoms with Crippen LogP contribution in [0.3, 0.4) is 0 Å². The van der Waals surface area contributed by atoms with Crippen LogP contribution in [-0.4, -0.2) is 48.8 Å². The summed E-state index contributed by atoms with van der Waals surface area (Å²) in [6, 6.07) is 10.3. The second-order valence-corrected chi connectivity index (χ2v) is 8.92. The molecular weight excluding hydrogens is 591 g/mol. The van der Waals surface area contributed by atoms with Crippen molar-refractivity contribution < 1.29 is 23.8 Å². The molecule has 2 aromatic rings. The Bertz CT molecular complexity index is 1150. The number of anilines is 1. The first-order chi connectivity index (χ1) is 16.3. The van der Waals surface area contributed by atoms with Crippen LogP contribution in [-0.2, 0) is 14.3 Å². The number of hydrogen-bond acceptors (Lipinski definition) is 6. The molecule has 178 valence electrons. The quantitative estimate of drug-likeness (QED) is 0.129. The monoisotopic (exact) mass is 612 g/mol. The smallest absolute Gasteiger partial charge is 0.325 e. The highest BCUT2D eigenvalue weighted by atomic mass is 127. The van der Waals surface area contributed by atoms with Crippen LogP contribution in [0.4, 0.5) is 5.69 Å². The summed E-state index contributed by atoms with van der Waals surface area (Å²) in [7, 11) is 1.28. The Kier molecular flexibility index (Phi) is 8.92. The zero-order valence-corrected chi connectivity index (χ0v) is 22.3.